The third-order valence-corrected chi connectivity index (χ3v) is 7.00. The summed E-state index contributed by atoms with van der Waals surface area (Å²) >= 11 is 0. The van der Waals surface area contributed by atoms with Crippen molar-refractivity contribution in [2.75, 3.05) is 0 Å². The Bertz CT molecular complexity index is 607. The van der Waals surface area contributed by atoms with Gasteiger partial charge in [-0.1, -0.05) is 56.1 Å². The summed E-state index contributed by atoms with van der Waals surface area (Å²) in [6.07, 6.45) is 10.1. The summed E-state index contributed by atoms with van der Waals surface area (Å²) in [6.45, 7) is 2.23. The van der Waals surface area contributed by atoms with Crippen LogP contribution < -0.4 is 0 Å². The molecule has 0 bridgehead atoms. The molecule has 0 aromatic rings. The van der Waals surface area contributed by atoms with E-state index in [0.717, 1.165) is 25.7 Å². The van der Waals surface area contributed by atoms with Crippen LogP contribution in [0.3, 0.4) is 0 Å². The normalized spacial score (nSPS) is 36.7. The number of carboxylic acids is 1. The highest BCUT2D eigenvalue weighted by Crippen LogP contribution is 2.60. The molecule has 0 spiro atoms. The summed E-state index contributed by atoms with van der Waals surface area (Å²) in [6, 6.07) is 0. The van der Waals surface area contributed by atoms with E-state index in [-0.39, 0.29) is 17.8 Å². The summed E-state index contributed by atoms with van der Waals surface area (Å²) in [5.41, 5.74) is 1.36. The molecule has 0 saturated heterocycles. The van der Waals surface area contributed by atoms with Crippen molar-refractivity contribution >= 4 is 5.97 Å². The molecule has 0 aliphatic heterocycles. The molecule has 0 amide bonds. The van der Waals surface area contributed by atoms with Crippen molar-refractivity contribution in [1.29, 1.82) is 0 Å². The molecule has 3 fully saturated rings. The predicted octanol–water partition coefficient (Wildman–Crippen LogP) is 3.52. The van der Waals surface area contributed by atoms with Gasteiger partial charge in [0.2, 0.25) is 0 Å². The molecule has 4 nitrogen and oxygen atoms in total. The van der Waals surface area contributed by atoms with Gasteiger partial charge >= 0.3 is 5.97 Å². The third kappa shape index (κ3) is 4.15. The van der Waals surface area contributed by atoms with E-state index >= 15 is 0 Å². The number of hydrogen-bond acceptors (Lipinski definition) is 3. The Hall–Kier alpha value is -1.31. The van der Waals surface area contributed by atoms with Crippen molar-refractivity contribution in [1.82, 2.24) is 0 Å². The molecular formula is C22H32O4. The number of rotatable bonds is 5. The van der Waals surface area contributed by atoms with Gasteiger partial charge in [0.1, 0.15) is 6.10 Å². The van der Waals surface area contributed by atoms with Crippen LogP contribution in [0.4, 0.5) is 0 Å². The maximum Gasteiger partial charge on any atom is 0.303 e. The molecule has 3 aliphatic carbocycles. The lowest BCUT2D eigenvalue weighted by molar-refractivity contribution is -0.136. The minimum Gasteiger partial charge on any atom is -0.481 e. The molecule has 0 aromatic heterocycles. The highest BCUT2D eigenvalue weighted by Gasteiger charge is 2.54. The number of aliphatic hydroxyl groups is 2. The van der Waals surface area contributed by atoms with E-state index in [4.69, 9.17) is 5.11 Å². The Morgan fingerprint density at radius 1 is 1.35 bits per heavy atom. The van der Waals surface area contributed by atoms with Gasteiger partial charge in [0.25, 0.3) is 0 Å². The van der Waals surface area contributed by atoms with E-state index in [1.807, 2.05) is 0 Å². The van der Waals surface area contributed by atoms with E-state index < -0.39 is 18.2 Å². The third-order valence-electron chi connectivity index (χ3n) is 7.00. The Morgan fingerprint density at radius 2 is 2.08 bits per heavy atom. The van der Waals surface area contributed by atoms with Crippen molar-refractivity contribution < 1.29 is 20.1 Å². The lowest BCUT2D eigenvalue weighted by atomic mass is 9.48. The van der Waals surface area contributed by atoms with Crippen molar-refractivity contribution in [3.63, 3.8) is 0 Å². The zero-order valence-corrected chi connectivity index (χ0v) is 15.8. The van der Waals surface area contributed by atoms with Gasteiger partial charge in [0, 0.05) is 6.42 Å². The first kappa shape index (κ1) is 19.5. The molecular weight excluding hydrogens is 328 g/mol. The monoisotopic (exact) mass is 360 g/mol. The molecule has 3 saturated carbocycles. The summed E-state index contributed by atoms with van der Waals surface area (Å²) in [4.78, 5) is 10.7. The zero-order chi connectivity index (χ0) is 18.7. The number of aliphatic hydroxyl groups excluding tert-OH is 2. The van der Waals surface area contributed by atoms with Crippen molar-refractivity contribution in [3.05, 3.63) is 11.6 Å². The first-order valence-corrected chi connectivity index (χ1v) is 10.2. The average Bonchev–Trinajstić information content (AvgIpc) is 3.08. The van der Waals surface area contributed by atoms with Crippen LogP contribution in [-0.4, -0.2) is 33.5 Å². The van der Waals surface area contributed by atoms with E-state index in [9.17, 15) is 15.0 Å². The molecule has 144 valence electrons. The van der Waals surface area contributed by atoms with Gasteiger partial charge in [-0.2, -0.15) is 0 Å². The van der Waals surface area contributed by atoms with Crippen molar-refractivity contribution in [2.24, 2.45) is 23.2 Å². The number of fused-ring (bicyclic) bond motifs is 1. The Morgan fingerprint density at radius 3 is 2.77 bits per heavy atom. The second kappa shape index (κ2) is 8.15. The molecule has 0 aromatic carbocycles. The van der Waals surface area contributed by atoms with E-state index in [0.29, 0.717) is 18.3 Å². The minimum atomic E-state index is -0.762. The molecule has 0 radical (unpaired) electrons. The van der Waals surface area contributed by atoms with Gasteiger partial charge in [-0.15, -0.1) is 0 Å². The highest BCUT2D eigenvalue weighted by atomic mass is 16.4. The zero-order valence-electron chi connectivity index (χ0n) is 15.8. The van der Waals surface area contributed by atoms with Gasteiger partial charge < -0.3 is 15.3 Å². The Kier molecular flexibility index (Phi) is 6.10. The minimum absolute atomic E-state index is 0.0352. The molecule has 4 heteroatoms. The topological polar surface area (TPSA) is 77.8 Å². The van der Waals surface area contributed by atoms with Gasteiger partial charge in [-0.05, 0) is 49.4 Å². The number of carbonyl (C=O) groups is 1. The van der Waals surface area contributed by atoms with Crippen LogP contribution in [0.2, 0.25) is 0 Å². The van der Waals surface area contributed by atoms with Crippen LogP contribution in [0.25, 0.3) is 0 Å². The van der Waals surface area contributed by atoms with Crippen LogP contribution in [-0.2, 0) is 4.79 Å². The molecule has 26 heavy (non-hydrogen) atoms. The Labute approximate surface area is 156 Å². The van der Waals surface area contributed by atoms with E-state index in [1.54, 1.807) is 0 Å². The lowest BCUT2D eigenvalue weighted by Crippen LogP contribution is -2.51. The highest BCUT2D eigenvalue weighted by molar-refractivity contribution is 5.66. The van der Waals surface area contributed by atoms with E-state index in [2.05, 4.69) is 24.8 Å². The number of aliphatic carboxylic acids is 1. The quantitative estimate of drug-likeness (QED) is 0.518. The second-order valence-electron chi connectivity index (χ2n) is 8.71. The Balaban J connectivity index is 1.61. The first-order chi connectivity index (χ1) is 12.4. The smallest absolute Gasteiger partial charge is 0.303 e. The van der Waals surface area contributed by atoms with Gasteiger partial charge in [0.05, 0.1) is 12.0 Å². The van der Waals surface area contributed by atoms with Gasteiger partial charge in [-0.3, -0.25) is 4.79 Å². The second-order valence-corrected chi connectivity index (χ2v) is 8.71. The lowest BCUT2D eigenvalue weighted by Gasteiger charge is -2.57. The van der Waals surface area contributed by atoms with Crippen molar-refractivity contribution in [3.8, 4) is 11.8 Å². The SMILES string of the molecule is C[C@@]12CC[C@H](O)[C@@H](C#CC(O)CC3CCCC3)[C@@H]1CC2=CCCC(=O)O. The fourth-order valence-electron chi connectivity index (χ4n) is 5.26. The molecule has 0 heterocycles. The fraction of sp³-hybridized carbons (Fsp3) is 0.773. The van der Waals surface area contributed by atoms with E-state index in [1.165, 1.54) is 31.3 Å². The molecule has 3 aliphatic rings. The van der Waals surface area contributed by atoms with Gasteiger partial charge in [-0.25, -0.2) is 0 Å². The maximum atomic E-state index is 10.7. The largest absolute Gasteiger partial charge is 0.481 e. The summed E-state index contributed by atoms with van der Waals surface area (Å²) in [5, 5.41) is 29.5. The summed E-state index contributed by atoms with van der Waals surface area (Å²) in [7, 11) is 0. The number of allylic oxidation sites excluding steroid dienone is 2. The number of hydrogen-bond donors (Lipinski definition) is 3. The van der Waals surface area contributed by atoms with Crippen LogP contribution in [0, 0.1) is 35.0 Å². The molecule has 3 rings (SSSR count). The summed E-state index contributed by atoms with van der Waals surface area (Å²) in [5.74, 6) is 6.33. The molecule has 5 atom stereocenters. The predicted molar refractivity (Wildman–Crippen MR) is 100 cm³/mol. The maximum absolute atomic E-state index is 10.7. The van der Waals surface area contributed by atoms with Crippen molar-refractivity contribution in [2.45, 2.75) is 83.3 Å². The number of carboxylic acid groups (broad SMARTS) is 1. The average molecular weight is 360 g/mol. The molecule has 1 unspecified atom stereocenters. The van der Waals surface area contributed by atoms with Crippen LogP contribution in [0.1, 0.15) is 71.1 Å². The van der Waals surface area contributed by atoms with Crippen LogP contribution in [0.5, 0.6) is 0 Å². The summed E-state index contributed by atoms with van der Waals surface area (Å²) < 4.78 is 0. The van der Waals surface area contributed by atoms with Crippen LogP contribution >= 0.6 is 0 Å². The van der Waals surface area contributed by atoms with Gasteiger partial charge in [0.15, 0.2) is 0 Å². The first-order valence-electron chi connectivity index (χ1n) is 10.2. The fourth-order valence-corrected chi connectivity index (χ4v) is 5.26. The molecule has 3 N–H and O–H groups in total. The van der Waals surface area contributed by atoms with Crippen LogP contribution in [0.15, 0.2) is 11.6 Å². The standard InChI is InChI=1S/C22H32O4/c1-22-12-11-20(24)18(10-9-17(23)13-15-5-2-3-6-15)19(22)14-16(22)7-4-8-21(25)26/h7,15,17-20,23-24H,2-6,8,11-14H2,1H3,(H,25,26)/t17?,18-,19-,20-,22-/m0/s1.